The smallest absolute Gasteiger partial charge is 0.253 e. The van der Waals surface area contributed by atoms with Crippen LogP contribution < -0.4 is 4.90 Å². The Hall–Kier alpha value is -2.63. The highest BCUT2D eigenvalue weighted by atomic mass is 35.5. The van der Waals surface area contributed by atoms with Gasteiger partial charge < -0.3 is 14.9 Å². The number of hydrogen-bond acceptors (Lipinski definition) is 4. The van der Waals surface area contributed by atoms with E-state index in [-0.39, 0.29) is 11.7 Å². The maximum Gasteiger partial charge on any atom is 0.253 e. The number of aromatic hydroxyl groups is 1. The number of phenols is 1. The van der Waals surface area contributed by atoms with E-state index >= 15 is 0 Å². The molecule has 3 aromatic carbocycles. The van der Waals surface area contributed by atoms with Crippen LogP contribution in [0.2, 0.25) is 5.02 Å². The van der Waals surface area contributed by atoms with Crippen LogP contribution in [0.25, 0.3) is 0 Å². The summed E-state index contributed by atoms with van der Waals surface area (Å²) in [5, 5.41) is 10.2. The zero-order valence-corrected chi connectivity index (χ0v) is 18.1. The Kier molecular flexibility index (Phi) is 6.50. The summed E-state index contributed by atoms with van der Waals surface area (Å²) in [5.41, 5.74) is 2.99. The number of hydrogen-bond donors (Lipinski definition) is 1. The quantitative estimate of drug-likeness (QED) is 0.549. The Morgan fingerprint density at radius 1 is 0.867 bits per heavy atom. The van der Waals surface area contributed by atoms with Gasteiger partial charge in [0.25, 0.3) is 5.91 Å². The molecule has 1 amide bonds. The summed E-state index contributed by atoms with van der Waals surface area (Å²) in [6, 6.07) is 22.9. The lowest BCUT2D eigenvalue weighted by molar-refractivity contribution is 0.0747. The fraction of sp³-hybridized carbons (Fsp3) is 0.208. The van der Waals surface area contributed by atoms with Crippen LogP contribution >= 0.6 is 23.4 Å². The van der Waals surface area contributed by atoms with Gasteiger partial charge in [0.05, 0.1) is 0 Å². The Morgan fingerprint density at radius 3 is 2.13 bits per heavy atom. The highest BCUT2D eigenvalue weighted by Gasteiger charge is 2.22. The summed E-state index contributed by atoms with van der Waals surface area (Å²) >= 11 is 7.68. The molecule has 154 valence electrons. The number of amides is 1. The minimum atomic E-state index is 0.0808. The van der Waals surface area contributed by atoms with E-state index in [2.05, 4.69) is 4.90 Å². The highest BCUT2D eigenvalue weighted by molar-refractivity contribution is 7.98. The molecule has 0 spiro atoms. The molecule has 6 heteroatoms. The lowest BCUT2D eigenvalue weighted by Gasteiger charge is -2.36. The minimum Gasteiger partial charge on any atom is -0.508 e. The number of piperazine rings is 1. The van der Waals surface area contributed by atoms with Crippen molar-refractivity contribution < 1.29 is 9.90 Å². The molecular weight excluding hydrogens is 416 g/mol. The van der Waals surface area contributed by atoms with Gasteiger partial charge in [-0.3, -0.25) is 4.79 Å². The lowest BCUT2D eigenvalue weighted by Crippen LogP contribution is -2.48. The maximum atomic E-state index is 12.9. The second-order valence-electron chi connectivity index (χ2n) is 7.24. The molecule has 30 heavy (non-hydrogen) atoms. The predicted molar refractivity (Wildman–Crippen MR) is 124 cm³/mol. The van der Waals surface area contributed by atoms with Gasteiger partial charge in [0.15, 0.2) is 0 Å². The molecule has 1 aliphatic heterocycles. The zero-order valence-electron chi connectivity index (χ0n) is 16.5. The summed E-state index contributed by atoms with van der Waals surface area (Å²) < 4.78 is 0. The summed E-state index contributed by atoms with van der Waals surface area (Å²) in [7, 11) is 0. The molecule has 0 aromatic heterocycles. The Morgan fingerprint density at radius 2 is 1.50 bits per heavy atom. The number of phenolic OH excluding ortho intramolecular Hbond substituents is 1. The standard InChI is InChI=1S/C24H23ClN2O2S/c25-20-5-11-23(12-6-20)30-17-18-1-3-19(4-2-18)24(29)27-15-13-26(14-16-27)21-7-9-22(28)10-8-21/h1-12,28H,13-17H2. The maximum absolute atomic E-state index is 12.9. The molecule has 0 bridgehead atoms. The molecule has 1 heterocycles. The topological polar surface area (TPSA) is 43.8 Å². The first-order chi connectivity index (χ1) is 14.6. The number of rotatable bonds is 5. The second-order valence-corrected chi connectivity index (χ2v) is 8.72. The highest BCUT2D eigenvalue weighted by Crippen LogP contribution is 2.25. The first-order valence-electron chi connectivity index (χ1n) is 9.89. The van der Waals surface area contributed by atoms with Gasteiger partial charge in [-0.25, -0.2) is 0 Å². The van der Waals surface area contributed by atoms with Crippen molar-refractivity contribution in [1.82, 2.24) is 4.90 Å². The first kappa shape index (κ1) is 20.6. The van der Waals surface area contributed by atoms with Gasteiger partial charge >= 0.3 is 0 Å². The van der Waals surface area contributed by atoms with E-state index in [0.717, 1.165) is 35.1 Å². The number of benzene rings is 3. The van der Waals surface area contributed by atoms with Crippen molar-refractivity contribution in [3.8, 4) is 5.75 Å². The molecule has 0 saturated carbocycles. The molecule has 1 N–H and O–H groups in total. The van der Waals surface area contributed by atoms with Crippen molar-refractivity contribution in [2.24, 2.45) is 0 Å². The first-order valence-corrected chi connectivity index (χ1v) is 11.3. The minimum absolute atomic E-state index is 0.0808. The van der Waals surface area contributed by atoms with Gasteiger partial charge in [-0.1, -0.05) is 23.7 Å². The van der Waals surface area contributed by atoms with E-state index < -0.39 is 0 Å². The van der Waals surface area contributed by atoms with Crippen LogP contribution in [0.3, 0.4) is 0 Å². The number of carbonyl (C=O) groups excluding carboxylic acids is 1. The predicted octanol–water partition coefficient (Wildman–Crippen LogP) is 5.30. The normalized spacial score (nSPS) is 14.0. The average Bonchev–Trinajstić information content (AvgIpc) is 2.79. The van der Waals surface area contributed by atoms with Crippen molar-refractivity contribution in [3.63, 3.8) is 0 Å². The molecule has 1 saturated heterocycles. The Bertz CT molecular complexity index is 983. The monoisotopic (exact) mass is 438 g/mol. The van der Waals surface area contributed by atoms with Gasteiger partial charge in [0.1, 0.15) is 5.75 Å². The Labute approximate surface area is 186 Å². The fourth-order valence-corrected chi connectivity index (χ4v) is 4.44. The van der Waals surface area contributed by atoms with Gasteiger partial charge in [-0.05, 0) is 66.2 Å². The van der Waals surface area contributed by atoms with Gasteiger partial charge in [0, 0.05) is 53.1 Å². The molecule has 3 aromatic rings. The van der Waals surface area contributed by atoms with Crippen molar-refractivity contribution in [2.45, 2.75) is 10.6 Å². The molecule has 4 rings (SSSR count). The second kappa shape index (κ2) is 9.45. The van der Waals surface area contributed by atoms with E-state index in [0.29, 0.717) is 13.1 Å². The van der Waals surface area contributed by atoms with Gasteiger partial charge in [-0.2, -0.15) is 0 Å². The summed E-state index contributed by atoms with van der Waals surface area (Å²) in [6.07, 6.45) is 0. The molecule has 0 aliphatic carbocycles. The van der Waals surface area contributed by atoms with Gasteiger partial charge in [-0.15, -0.1) is 11.8 Å². The summed E-state index contributed by atoms with van der Waals surface area (Å²) in [4.78, 5) is 18.2. The van der Waals surface area contributed by atoms with Crippen molar-refractivity contribution in [2.75, 3.05) is 31.1 Å². The summed E-state index contributed by atoms with van der Waals surface area (Å²) in [5.74, 6) is 1.20. The Balaban J connectivity index is 1.30. The third kappa shape index (κ3) is 5.10. The molecule has 0 atom stereocenters. The van der Waals surface area contributed by atoms with Crippen LogP contribution in [0, 0.1) is 0 Å². The number of carbonyl (C=O) groups is 1. The van der Waals surface area contributed by atoms with Crippen LogP contribution in [0.1, 0.15) is 15.9 Å². The lowest BCUT2D eigenvalue weighted by atomic mass is 10.1. The van der Waals surface area contributed by atoms with E-state index in [1.165, 1.54) is 10.5 Å². The average molecular weight is 439 g/mol. The third-order valence-electron chi connectivity index (χ3n) is 5.20. The number of anilines is 1. The summed E-state index contributed by atoms with van der Waals surface area (Å²) in [6.45, 7) is 2.94. The van der Waals surface area contributed by atoms with E-state index in [9.17, 15) is 9.90 Å². The molecule has 0 unspecified atom stereocenters. The van der Waals surface area contributed by atoms with E-state index in [1.807, 2.05) is 65.6 Å². The number of nitrogens with zero attached hydrogens (tertiary/aromatic N) is 2. The number of halogens is 1. The van der Waals surface area contributed by atoms with Crippen molar-refractivity contribution >= 4 is 35.0 Å². The molecular formula is C24H23ClN2O2S. The van der Waals surface area contributed by atoms with Crippen molar-refractivity contribution in [1.29, 1.82) is 0 Å². The van der Waals surface area contributed by atoms with Crippen LogP contribution in [0.15, 0.2) is 77.7 Å². The van der Waals surface area contributed by atoms with Crippen LogP contribution in [-0.4, -0.2) is 42.1 Å². The van der Waals surface area contributed by atoms with E-state index in [4.69, 9.17) is 11.6 Å². The number of thioether (sulfide) groups is 1. The largest absolute Gasteiger partial charge is 0.508 e. The van der Waals surface area contributed by atoms with Crippen LogP contribution in [0.4, 0.5) is 5.69 Å². The SMILES string of the molecule is O=C(c1ccc(CSc2ccc(Cl)cc2)cc1)N1CCN(c2ccc(O)cc2)CC1. The van der Waals surface area contributed by atoms with E-state index in [1.54, 1.807) is 23.9 Å². The van der Waals surface area contributed by atoms with Crippen molar-refractivity contribution in [3.05, 3.63) is 88.9 Å². The van der Waals surface area contributed by atoms with Gasteiger partial charge in [0.2, 0.25) is 0 Å². The molecule has 1 aliphatic rings. The molecule has 1 fully saturated rings. The molecule has 0 radical (unpaired) electrons. The fourth-order valence-electron chi connectivity index (χ4n) is 3.45. The molecule has 4 nitrogen and oxygen atoms in total. The van der Waals surface area contributed by atoms with Crippen LogP contribution in [0.5, 0.6) is 5.75 Å². The zero-order chi connectivity index (χ0) is 20.9. The third-order valence-corrected chi connectivity index (χ3v) is 6.54. The van der Waals surface area contributed by atoms with Crippen LogP contribution in [-0.2, 0) is 5.75 Å².